The summed E-state index contributed by atoms with van der Waals surface area (Å²) in [6.07, 6.45) is 5.74. The number of halogens is 4. The normalized spacial score (nSPS) is 36.0. The van der Waals surface area contributed by atoms with Gasteiger partial charge in [0, 0.05) is 29.6 Å². The van der Waals surface area contributed by atoms with Crippen LogP contribution in [-0.4, -0.2) is 28.3 Å². The van der Waals surface area contributed by atoms with E-state index in [9.17, 15) is 18.0 Å². The van der Waals surface area contributed by atoms with Crippen molar-refractivity contribution in [3.8, 4) is 0 Å². The van der Waals surface area contributed by atoms with E-state index in [1.807, 2.05) is 17.0 Å². The highest BCUT2D eigenvalue weighted by atomic mass is 35.5. The molecular weight excluding hydrogens is 467 g/mol. The van der Waals surface area contributed by atoms with Crippen LogP contribution in [0.4, 0.5) is 18.9 Å². The monoisotopic (exact) mass is 493 g/mol. The van der Waals surface area contributed by atoms with Crippen LogP contribution in [0, 0.1) is 10.8 Å². The Morgan fingerprint density at radius 2 is 1.79 bits per heavy atom. The van der Waals surface area contributed by atoms with Crippen LogP contribution >= 0.6 is 11.6 Å². The predicted octanol–water partition coefficient (Wildman–Crippen LogP) is 6.35. The van der Waals surface area contributed by atoms with Gasteiger partial charge in [-0.15, -0.1) is 0 Å². The van der Waals surface area contributed by atoms with Crippen LogP contribution in [0.3, 0.4) is 0 Å². The smallest absolute Gasteiger partial charge is 0.322 e. The van der Waals surface area contributed by atoms with Crippen molar-refractivity contribution in [1.29, 1.82) is 0 Å². The zero-order valence-electron chi connectivity index (χ0n) is 19.1. The Kier molecular flexibility index (Phi) is 4.60. The number of carbonyl (C=O) groups is 1. The minimum absolute atomic E-state index is 0.000867. The minimum atomic E-state index is -3.16. The summed E-state index contributed by atoms with van der Waals surface area (Å²) in [5.74, 6) is -3.42. The first-order valence-electron chi connectivity index (χ1n) is 11.9. The van der Waals surface area contributed by atoms with Gasteiger partial charge in [-0.05, 0) is 81.4 Å². The van der Waals surface area contributed by atoms with Gasteiger partial charge in [-0.3, -0.25) is 4.79 Å². The summed E-state index contributed by atoms with van der Waals surface area (Å²) in [4.78, 5) is 19.6. The number of carbonyl (C=O) groups excluding carboxylic acids is 1. The van der Waals surface area contributed by atoms with E-state index in [1.165, 1.54) is 0 Å². The summed E-state index contributed by atoms with van der Waals surface area (Å²) in [5, 5.41) is 4.48. The Labute approximate surface area is 201 Å². The first-order valence-corrected chi connectivity index (χ1v) is 12.3. The fourth-order valence-electron chi connectivity index (χ4n) is 6.89. The topological polar surface area (TPSA) is 59.2 Å². The molecular formula is C25H27ClF3N3O2. The van der Waals surface area contributed by atoms with Crippen LogP contribution in [0.25, 0.3) is 0 Å². The zero-order valence-corrected chi connectivity index (χ0v) is 19.8. The average Bonchev–Trinajstić information content (AvgIpc) is 3.27. The van der Waals surface area contributed by atoms with Crippen molar-refractivity contribution in [3.05, 3.63) is 41.0 Å². The van der Waals surface area contributed by atoms with E-state index < -0.39 is 22.9 Å². The summed E-state index contributed by atoms with van der Waals surface area (Å²) >= 11 is 6.25. The van der Waals surface area contributed by atoms with Gasteiger partial charge < -0.3 is 9.42 Å². The molecule has 0 unspecified atom stereocenters. The standard InChI is InChI=1S/C25H27ClF3N3O2/c1-21(27,28)19-30-18(31-34-19)23-8-5-22(6-9-23,7-10-23)15-32(17-4-2-3-16(26)11-17)20(33)24-12-25(29,13-24)14-24/h2-4,11H,5-10,12-15H2,1H3. The largest absolute Gasteiger partial charge is 0.333 e. The summed E-state index contributed by atoms with van der Waals surface area (Å²) in [5.41, 5.74) is -1.42. The molecule has 34 heavy (non-hydrogen) atoms. The third-order valence-corrected chi connectivity index (χ3v) is 9.19. The molecule has 6 fully saturated rings. The molecule has 1 aromatic carbocycles. The van der Waals surface area contributed by atoms with Gasteiger partial charge in [0.05, 0.1) is 5.41 Å². The first-order chi connectivity index (χ1) is 16.0. The van der Waals surface area contributed by atoms with E-state index in [4.69, 9.17) is 16.1 Å². The Morgan fingerprint density at radius 1 is 1.15 bits per heavy atom. The first kappa shape index (κ1) is 22.4. The molecule has 4 bridgehead atoms. The molecule has 2 aromatic rings. The van der Waals surface area contributed by atoms with Gasteiger partial charge in [-0.2, -0.15) is 13.8 Å². The quantitative estimate of drug-likeness (QED) is 0.470. The Bertz CT molecular complexity index is 1120. The summed E-state index contributed by atoms with van der Waals surface area (Å²) in [6.45, 7) is 1.31. The lowest BCUT2D eigenvalue weighted by molar-refractivity contribution is -0.211. The molecule has 5 nitrogen and oxygen atoms in total. The van der Waals surface area contributed by atoms with Gasteiger partial charge in [0.25, 0.3) is 5.89 Å². The SMILES string of the molecule is CC(F)(F)c1nc(C23CCC(CN(C(=O)C45CC(F)(C4)C5)c4cccc(Cl)c4)(CC2)CC3)no1. The van der Waals surface area contributed by atoms with Gasteiger partial charge in [-0.25, -0.2) is 4.39 Å². The third-order valence-electron chi connectivity index (χ3n) is 8.96. The van der Waals surface area contributed by atoms with E-state index in [2.05, 4.69) is 10.1 Å². The van der Waals surface area contributed by atoms with Crippen LogP contribution in [0.2, 0.25) is 5.02 Å². The highest BCUT2D eigenvalue weighted by Gasteiger charge is 2.73. The van der Waals surface area contributed by atoms with Gasteiger partial charge in [0.2, 0.25) is 5.91 Å². The van der Waals surface area contributed by atoms with Gasteiger partial charge in [0.15, 0.2) is 5.82 Å². The molecule has 1 aromatic heterocycles. The third kappa shape index (κ3) is 3.31. The number of amides is 1. The van der Waals surface area contributed by atoms with Crippen molar-refractivity contribution in [2.75, 3.05) is 11.4 Å². The number of benzene rings is 1. The molecule has 0 atom stereocenters. The van der Waals surface area contributed by atoms with Crippen LogP contribution in [0.15, 0.2) is 28.8 Å². The van der Waals surface area contributed by atoms with Gasteiger partial charge >= 0.3 is 5.92 Å². The second-order valence-corrected chi connectivity index (χ2v) is 11.9. The molecule has 0 spiro atoms. The second-order valence-electron chi connectivity index (χ2n) is 11.4. The average molecular weight is 494 g/mol. The highest BCUT2D eigenvalue weighted by Crippen LogP contribution is 2.70. The molecule has 1 amide bonds. The number of hydrogen-bond acceptors (Lipinski definition) is 4. The number of anilines is 1. The fourth-order valence-corrected chi connectivity index (χ4v) is 7.07. The summed E-state index contributed by atoms with van der Waals surface area (Å²) < 4.78 is 46.4. The fraction of sp³-hybridized carbons (Fsp3) is 0.640. The Balaban J connectivity index is 1.23. The highest BCUT2D eigenvalue weighted by molar-refractivity contribution is 6.31. The van der Waals surface area contributed by atoms with Crippen LogP contribution in [-0.2, 0) is 16.1 Å². The predicted molar refractivity (Wildman–Crippen MR) is 120 cm³/mol. The summed E-state index contributed by atoms with van der Waals surface area (Å²) in [6, 6.07) is 7.30. The molecule has 0 aliphatic heterocycles. The number of fused-ring (bicyclic) bond motifs is 3. The van der Waals surface area contributed by atoms with Crippen molar-refractivity contribution < 1.29 is 22.5 Å². The number of alkyl halides is 3. The second kappa shape index (κ2) is 6.99. The Morgan fingerprint density at radius 3 is 2.32 bits per heavy atom. The molecule has 6 saturated carbocycles. The number of hydrogen-bond donors (Lipinski definition) is 0. The van der Waals surface area contributed by atoms with Crippen LogP contribution in [0.5, 0.6) is 0 Å². The lowest BCUT2D eigenvalue weighted by atomic mass is 9.41. The molecule has 1 heterocycles. The molecule has 0 N–H and O–H groups in total. The lowest BCUT2D eigenvalue weighted by Crippen LogP contribution is -2.71. The maximum absolute atomic E-state index is 14.2. The molecule has 182 valence electrons. The maximum atomic E-state index is 14.2. The van der Waals surface area contributed by atoms with Crippen LogP contribution in [0.1, 0.15) is 76.4 Å². The van der Waals surface area contributed by atoms with Crippen molar-refractivity contribution in [3.63, 3.8) is 0 Å². The number of nitrogens with zero attached hydrogens (tertiary/aromatic N) is 3. The van der Waals surface area contributed by atoms with E-state index in [0.29, 0.717) is 36.7 Å². The molecule has 8 rings (SSSR count). The Hall–Kier alpha value is -2.09. The molecule has 6 aliphatic rings. The maximum Gasteiger partial charge on any atom is 0.322 e. The number of aromatic nitrogens is 2. The molecule has 6 aliphatic carbocycles. The zero-order chi connectivity index (χ0) is 24.0. The minimum Gasteiger partial charge on any atom is -0.333 e. The lowest BCUT2D eigenvalue weighted by Gasteiger charge is -2.65. The van der Waals surface area contributed by atoms with E-state index in [0.717, 1.165) is 51.1 Å². The van der Waals surface area contributed by atoms with E-state index in [1.54, 1.807) is 12.1 Å². The van der Waals surface area contributed by atoms with Crippen molar-refractivity contribution in [2.45, 2.75) is 81.7 Å². The van der Waals surface area contributed by atoms with Crippen molar-refractivity contribution >= 4 is 23.2 Å². The van der Waals surface area contributed by atoms with Crippen molar-refractivity contribution in [2.24, 2.45) is 10.8 Å². The van der Waals surface area contributed by atoms with Gasteiger partial charge in [-0.1, -0.05) is 22.8 Å². The molecule has 0 saturated heterocycles. The molecule has 9 heteroatoms. The van der Waals surface area contributed by atoms with Crippen LogP contribution < -0.4 is 4.90 Å². The van der Waals surface area contributed by atoms with Crippen molar-refractivity contribution in [1.82, 2.24) is 10.1 Å². The van der Waals surface area contributed by atoms with E-state index >= 15 is 0 Å². The summed E-state index contributed by atoms with van der Waals surface area (Å²) in [7, 11) is 0. The van der Waals surface area contributed by atoms with E-state index in [-0.39, 0.29) is 16.7 Å². The molecule has 0 radical (unpaired) electrons. The van der Waals surface area contributed by atoms with Gasteiger partial charge in [0.1, 0.15) is 5.67 Å². The number of rotatable bonds is 6.